The van der Waals surface area contributed by atoms with Crippen LogP contribution in [0, 0.1) is 12.7 Å². The maximum Gasteiger partial charge on any atom is 0.323 e. The minimum Gasteiger partial charge on any atom is -0.480 e. The van der Waals surface area contributed by atoms with E-state index < -0.39 is 39.4 Å². The lowest BCUT2D eigenvalue weighted by Gasteiger charge is -2.12. The van der Waals surface area contributed by atoms with E-state index in [0.717, 1.165) is 6.07 Å². The van der Waals surface area contributed by atoms with Crippen molar-refractivity contribution in [1.82, 2.24) is 0 Å². The molecule has 23 heavy (non-hydrogen) atoms. The molecule has 2 aromatic rings. The van der Waals surface area contributed by atoms with E-state index in [2.05, 4.69) is 0 Å². The Morgan fingerprint density at radius 2 is 1.83 bits per heavy atom. The molecule has 2 rings (SSSR count). The summed E-state index contributed by atoms with van der Waals surface area (Å²) in [5.41, 5.74) is 0.898. The molecular weight excluding hydrogens is 319 g/mol. The molecule has 2 aromatic carbocycles. The molecule has 0 aliphatic carbocycles. The highest BCUT2D eigenvalue weighted by Gasteiger charge is 2.28. The van der Waals surface area contributed by atoms with Gasteiger partial charge in [-0.25, -0.2) is 4.39 Å². The highest BCUT2D eigenvalue weighted by molar-refractivity contribution is 7.86. The van der Waals surface area contributed by atoms with E-state index in [1.807, 2.05) is 0 Å². The van der Waals surface area contributed by atoms with Crippen molar-refractivity contribution in [3.63, 3.8) is 0 Å². The molecule has 0 aliphatic heterocycles. The Kier molecular flexibility index (Phi) is 5.39. The maximum absolute atomic E-state index is 13.2. The first-order valence-electron chi connectivity index (χ1n) is 6.84. The number of carbonyl (C=O) groups is 2. The molecule has 2 atom stereocenters. The van der Waals surface area contributed by atoms with Crippen LogP contribution in [0.25, 0.3) is 0 Å². The normalized spacial score (nSPS) is 13.3. The number of aryl methyl sites for hydroxylation is 1. The first kappa shape index (κ1) is 17.0. The number of ketones is 1. The summed E-state index contributed by atoms with van der Waals surface area (Å²) in [6.45, 7) is 1.52. The second-order valence-electron chi connectivity index (χ2n) is 5.04. The van der Waals surface area contributed by atoms with E-state index in [-0.39, 0.29) is 5.56 Å². The van der Waals surface area contributed by atoms with Gasteiger partial charge in [0.25, 0.3) is 0 Å². The van der Waals surface area contributed by atoms with Gasteiger partial charge in [0.2, 0.25) is 0 Å². The van der Waals surface area contributed by atoms with E-state index in [1.165, 1.54) is 19.1 Å². The Bertz CT molecular complexity index is 758. The average molecular weight is 334 g/mol. The number of hydrogen-bond acceptors (Lipinski definition) is 3. The topological polar surface area (TPSA) is 71.4 Å². The van der Waals surface area contributed by atoms with Crippen molar-refractivity contribution in [2.75, 3.05) is 5.75 Å². The second-order valence-corrected chi connectivity index (χ2v) is 6.56. The molecule has 0 aromatic heterocycles. The molecule has 6 heteroatoms. The number of Topliss-reactive ketones (excluding diaryl/α,β-unsaturated/α-hetero) is 1. The lowest BCUT2D eigenvalue weighted by Crippen LogP contribution is -2.23. The Morgan fingerprint density at radius 1 is 1.17 bits per heavy atom. The molecule has 4 nitrogen and oxygen atoms in total. The molecule has 1 N–H and O–H groups in total. The predicted octanol–water partition coefficient (Wildman–Crippen LogP) is 2.89. The molecule has 0 spiro atoms. The number of carboxylic acid groups (broad SMARTS) is 1. The van der Waals surface area contributed by atoms with Crippen LogP contribution in [0.5, 0.6) is 0 Å². The molecule has 0 saturated carbocycles. The zero-order valence-corrected chi connectivity index (χ0v) is 13.2. The predicted molar refractivity (Wildman–Crippen MR) is 85.3 cm³/mol. The first-order valence-corrected chi connectivity index (χ1v) is 8.22. The molecular formula is C17H15FO4S. The van der Waals surface area contributed by atoms with Gasteiger partial charge in [0.1, 0.15) is 5.82 Å². The number of halogens is 1. The van der Waals surface area contributed by atoms with Crippen LogP contribution in [-0.2, 0) is 15.6 Å². The molecule has 2 unspecified atom stereocenters. The third kappa shape index (κ3) is 4.10. The third-order valence-corrected chi connectivity index (χ3v) is 4.89. The Labute approximate surface area is 135 Å². The summed E-state index contributed by atoms with van der Waals surface area (Å²) in [6, 6.07) is 12.0. The maximum atomic E-state index is 13.2. The van der Waals surface area contributed by atoms with Gasteiger partial charge in [0.05, 0.1) is 5.75 Å². The lowest BCUT2D eigenvalue weighted by molar-refractivity contribution is -0.136. The van der Waals surface area contributed by atoms with Crippen molar-refractivity contribution in [3.05, 3.63) is 71.0 Å². The van der Waals surface area contributed by atoms with Crippen LogP contribution in [0.1, 0.15) is 26.7 Å². The summed E-state index contributed by atoms with van der Waals surface area (Å²) in [6.07, 6.45) is 0. The van der Waals surface area contributed by atoms with Crippen LogP contribution in [0.2, 0.25) is 0 Å². The largest absolute Gasteiger partial charge is 0.480 e. The molecule has 0 aliphatic rings. The first-order chi connectivity index (χ1) is 10.9. The zero-order chi connectivity index (χ0) is 17.0. The summed E-state index contributed by atoms with van der Waals surface area (Å²) in [5.74, 6) is -2.60. The number of carbonyl (C=O) groups excluding carboxylic acids is 1. The number of benzene rings is 2. The van der Waals surface area contributed by atoms with E-state index in [1.54, 1.807) is 30.3 Å². The van der Waals surface area contributed by atoms with Gasteiger partial charge in [-0.05, 0) is 36.2 Å². The fourth-order valence-corrected chi connectivity index (χ4v) is 3.43. The van der Waals surface area contributed by atoms with E-state index in [4.69, 9.17) is 0 Å². The van der Waals surface area contributed by atoms with Crippen LogP contribution >= 0.6 is 0 Å². The Morgan fingerprint density at radius 3 is 2.39 bits per heavy atom. The summed E-state index contributed by atoms with van der Waals surface area (Å²) >= 11 is 0. The number of rotatable bonds is 6. The second kappa shape index (κ2) is 7.28. The zero-order valence-electron chi connectivity index (χ0n) is 12.4. The summed E-state index contributed by atoms with van der Waals surface area (Å²) < 4.78 is 25.6. The number of hydrogen-bond donors (Lipinski definition) is 1. The highest BCUT2D eigenvalue weighted by atomic mass is 32.2. The molecule has 120 valence electrons. The van der Waals surface area contributed by atoms with Crippen LogP contribution in [0.3, 0.4) is 0 Å². The molecule has 0 saturated heterocycles. The monoisotopic (exact) mass is 334 g/mol. The molecule has 0 heterocycles. The van der Waals surface area contributed by atoms with Crippen molar-refractivity contribution in [2.45, 2.75) is 12.2 Å². The summed E-state index contributed by atoms with van der Waals surface area (Å²) in [7, 11) is -1.92. The quantitative estimate of drug-likeness (QED) is 0.825. The van der Waals surface area contributed by atoms with Crippen molar-refractivity contribution in [2.24, 2.45) is 0 Å². The summed E-state index contributed by atoms with van der Waals surface area (Å²) in [5, 5.41) is 8.03. The SMILES string of the molecule is Cc1cc(C(=O)CS(=O)C(C(=O)O)c2ccccc2)ccc1F. The van der Waals surface area contributed by atoms with Crippen molar-refractivity contribution in [1.29, 1.82) is 0 Å². The van der Waals surface area contributed by atoms with Crippen molar-refractivity contribution < 1.29 is 23.3 Å². The fourth-order valence-electron chi connectivity index (χ4n) is 2.15. The van der Waals surface area contributed by atoms with Gasteiger partial charge in [0, 0.05) is 16.4 Å². The fraction of sp³-hybridized carbons (Fsp3) is 0.176. The van der Waals surface area contributed by atoms with E-state index in [0.29, 0.717) is 11.1 Å². The molecule has 0 bridgehead atoms. The number of carboxylic acids is 1. The van der Waals surface area contributed by atoms with Crippen LogP contribution in [-0.4, -0.2) is 26.8 Å². The van der Waals surface area contributed by atoms with Gasteiger partial charge < -0.3 is 5.11 Å². The van der Waals surface area contributed by atoms with Crippen LogP contribution in [0.4, 0.5) is 4.39 Å². The van der Waals surface area contributed by atoms with Gasteiger partial charge in [-0.2, -0.15) is 0 Å². The summed E-state index contributed by atoms with van der Waals surface area (Å²) in [4.78, 5) is 23.6. The highest BCUT2D eigenvalue weighted by Crippen LogP contribution is 2.21. The van der Waals surface area contributed by atoms with Gasteiger partial charge in [0.15, 0.2) is 11.0 Å². The van der Waals surface area contributed by atoms with Crippen LogP contribution < -0.4 is 0 Å². The van der Waals surface area contributed by atoms with Crippen molar-refractivity contribution >= 4 is 22.6 Å². The standard InChI is InChI=1S/C17H15FO4S/c1-11-9-13(7-8-14(11)18)15(19)10-23(22)16(17(20)21)12-5-3-2-4-6-12/h2-9,16H,10H2,1H3,(H,20,21). The Balaban J connectivity index is 2.20. The third-order valence-electron chi connectivity index (χ3n) is 3.34. The van der Waals surface area contributed by atoms with Crippen LogP contribution in [0.15, 0.2) is 48.5 Å². The smallest absolute Gasteiger partial charge is 0.323 e. The van der Waals surface area contributed by atoms with Gasteiger partial charge >= 0.3 is 5.97 Å². The lowest BCUT2D eigenvalue weighted by atomic mass is 10.1. The van der Waals surface area contributed by atoms with E-state index in [9.17, 15) is 23.3 Å². The average Bonchev–Trinajstić information content (AvgIpc) is 2.50. The van der Waals surface area contributed by atoms with Gasteiger partial charge in [-0.15, -0.1) is 0 Å². The Hall–Kier alpha value is -2.34. The van der Waals surface area contributed by atoms with E-state index >= 15 is 0 Å². The van der Waals surface area contributed by atoms with Gasteiger partial charge in [-0.1, -0.05) is 30.3 Å². The minimum absolute atomic E-state index is 0.217. The minimum atomic E-state index is -1.92. The molecule has 0 fully saturated rings. The molecule has 0 amide bonds. The van der Waals surface area contributed by atoms with Crippen molar-refractivity contribution in [3.8, 4) is 0 Å². The number of aliphatic carboxylic acids is 1. The molecule has 0 radical (unpaired) electrons. The van der Waals surface area contributed by atoms with Gasteiger partial charge in [-0.3, -0.25) is 13.8 Å².